The summed E-state index contributed by atoms with van der Waals surface area (Å²) in [6, 6.07) is 7.86. The van der Waals surface area contributed by atoms with Crippen LogP contribution in [0.15, 0.2) is 46.8 Å². The molecule has 6 nitrogen and oxygen atoms in total. The van der Waals surface area contributed by atoms with Crippen LogP contribution in [0.5, 0.6) is 5.75 Å². The SMILES string of the molecule is CC(Sc1nnc(Nc2ccc(OC(F)(F)F)cc2)s1)C(=O)Nc1ccc(F)cc1F. The molecule has 3 aromatic rings. The number of hydrogen-bond donors (Lipinski definition) is 2. The minimum absolute atomic E-state index is 0.142. The molecule has 164 valence electrons. The Bertz CT molecular complexity index is 1060. The van der Waals surface area contributed by atoms with Crippen LogP contribution in [0, 0.1) is 11.6 Å². The quantitative estimate of drug-likeness (QED) is 0.343. The highest BCUT2D eigenvalue weighted by Crippen LogP contribution is 2.32. The number of halogens is 5. The van der Waals surface area contributed by atoms with E-state index in [4.69, 9.17) is 0 Å². The Labute approximate surface area is 180 Å². The summed E-state index contributed by atoms with van der Waals surface area (Å²) in [5.41, 5.74) is 0.316. The van der Waals surface area contributed by atoms with Crippen molar-refractivity contribution in [3.05, 3.63) is 54.1 Å². The van der Waals surface area contributed by atoms with Gasteiger partial charge in [-0.25, -0.2) is 8.78 Å². The van der Waals surface area contributed by atoms with Crippen molar-refractivity contribution >= 4 is 45.5 Å². The number of hydrogen-bond acceptors (Lipinski definition) is 7. The number of alkyl halides is 3. The number of aromatic nitrogens is 2. The van der Waals surface area contributed by atoms with E-state index >= 15 is 0 Å². The number of anilines is 3. The van der Waals surface area contributed by atoms with Crippen LogP contribution in [0.2, 0.25) is 0 Å². The smallest absolute Gasteiger partial charge is 0.406 e. The summed E-state index contributed by atoms with van der Waals surface area (Å²) in [5.74, 6) is -2.52. The van der Waals surface area contributed by atoms with Gasteiger partial charge in [0.2, 0.25) is 11.0 Å². The summed E-state index contributed by atoms with van der Waals surface area (Å²) in [4.78, 5) is 12.2. The van der Waals surface area contributed by atoms with E-state index in [1.807, 2.05) is 0 Å². The van der Waals surface area contributed by atoms with Gasteiger partial charge >= 0.3 is 6.36 Å². The maximum Gasteiger partial charge on any atom is 0.573 e. The third-order valence-corrected chi connectivity index (χ3v) is 5.60. The third kappa shape index (κ3) is 6.79. The third-order valence-electron chi connectivity index (χ3n) is 3.58. The average Bonchev–Trinajstić information content (AvgIpc) is 3.11. The molecule has 3 rings (SSSR count). The zero-order chi connectivity index (χ0) is 22.6. The zero-order valence-electron chi connectivity index (χ0n) is 15.5. The van der Waals surface area contributed by atoms with E-state index in [1.165, 1.54) is 12.1 Å². The van der Waals surface area contributed by atoms with Crippen molar-refractivity contribution in [1.82, 2.24) is 10.2 Å². The summed E-state index contributed by atoms with van der Waals surface area (Å²) in [7, 11) is 0. The molecular weight excluding hydrogens is 463 g/mol. The molecule has 1 atom stereocenters. The highest BCUT2D eigenvalue weighted by molar-refractivity contribution is 8.02. The fourth-order valence-corrected chi connectivity index (χ4v) is 4.12. The predicted octanol–water partition coefficient (Wildman–Crippen LogP) is 5.58. The topological polar surface area (TPSA) is 76.1 Å². The lowest BCUT2D eigenvalue weighted by Gasteiger charge is -2.11. The minimum Gasteiger partial charge on any atom is -0.406 e. The standard InChI is InChI=1S/C18H13F5N4O2S2/c1-9(15(28)25-14-7-2-10(19)8-13(14)20)30-17-27-26-16(31-17)24-11-3-5-12(6-4-11)29-18(21,22)23/h2-9H,1H3,(H,24,26)(H,25,28). The van der Waals surface area contributed by atoms with Gasteiger partial charge in [0.25, 0.3) is 0 Å². The predicted molar refractivity (Wildman–Crippen MR) is 107 cm³/mol. The van der Waals surface area contributed by atoms with Gasteiger partial charge < -0.3 is 15.4 Å². The summed E-state index contributed by atoms with van der Waals surface area (Å²) in [6.45, 7) is 1.58. The zero-order valence-corrected chi connectivity index (χ0v) is 17.2. The number of benzene rings is 2. The van der Waals surface area contributed by atoms with Gasteiger partial charge in [-0.3, -0.25) is 4.79 Å². The molecule has 0 radical (unpaired) electrons. The van der Waals surface area contributed by atoms with Crippen LogP contribution in [0.25, 0.3) is 0 Å². The van der Waals surface area contributed by atoms with E-state index in [9.17, 15) is 26.7 Å². The van der Waals surface area contributed by atoms with Crippen molar-refractivity contribution in [2.75, 3.05) is 10.6 Å². The second kappa shape index (κ2) is 9.47. The van der Waals surface area contributed by atoms with Crippen molar-refractivity contribution < 1.29 is 31.5 Å². The van der Waals surface area contributed by atoms with Gasteiger partial charge in [0.15, 0.2) is 4.34 Å². The molecule has 1 amide bonds. The van der Waals surface area contributed by atoms with Crippen LogP contribution in [-0.2, 0) is 4.79 Å². The number of carbonyl (C=O) groups excluding carboxylic acids is 1. The Morgan fingerprint density at radius 2 is 1.84 bits per heavy atom. The van der Waals surface area contributed by atoms with Gasteiger partial charge in [0.05, 0.1) is 10.9 Å². The number of ether oxygens (including phenoxy) is 1. The molecule has 0 saturated heterocycles. The second-order valence-electron chi connectivity index (χ2n) is 5.94. The first kappa shape index (κ1) is 22.7. The molecule has 2 N–H and O–H groups in total. The highest BCUT2D eigenvalue weighted by atomic mass is 32.2. The maximum absolute atomic E-state index is 13.7. The molecule has 1 aromatic heterocycles. The van der Waals surface area contributed by atoms with E-state index < -0.39 is 29.2 Å². The van der Waals surface area contributed by atoms with Crippen molar-refractivity contribution in [3.63, 3.8) is 0 Å². The molecule has 1 unspecified atom stereocenters. The molecule has 31 heavy (non-hydrogen) atoms. The fraction of sp³-hybridized carbons (Fsp3) is 0.167. The van der Waals surface area contributed by atoms with E-state index in [2.05, 4.69) is 25.6 Å². The number of rotatable bonds is 7. The van der Waals surface area contributed by atoms with Gasteiger partial charge in [-0.15, -0.1) is 23.4 Å². The average molecular weight is 476 g/mol. The Hall–Kier alpha value is -2.93. The van der Waals surface area contributed by atoms with Gasteiger partial charge in [-0.1, -0.05) is 23.1 Å². The van der Waals surface area contributed by atoms with Crippen molar-refractivity contribution in [1.29, 1.82) is 0 Å². The highest BCUT2D eigenvalue weighted by Gasteiger charge is 2.31. The largest absolute Gasteiger partial charge is 0.573 e. The Balaban J connectivity index is 1.56. The summed E-state index contributed by atoms with van der Waals surface area (Å²) >= 11 is 2.19. The Morgan fingerprint density at radius 3 is 2.48 bits per heavy atom. The van der Waals surface area contributed by atoms with Crippen LogP contribution in [0.3, 0.4) is 0 Å². The molecule has 0 aliphatic carbocycles. The summed E-state index contributed by atoms with van der Waals surface area (Å²) < 4.78 is 67.4. The number of nitrogens with one attached hydrogen (secondary N) is 2. The summed E-state index contributed by atoms with van der Waals surface area (Å²) in [6.07, 6.45) is -4.77. The van der Waals surface area contributed by atoms with E-state index in [-0.39, 0.29) is 11.4 Å². The van der Waals surface area contributed by atoms with Gasteiger partial charge in [-0.05, 0) is 43.3 Å². The first-order chi connectivity index (χ1) is 14.6. The Morgan fingerprint density at radius 1 is 1.13 bits per heavy atom. The molecular formula is C18H13F5N4O2S2. The molecule has 0 aliphatic heterocycles. The number of amides is 1. The lowest BCUT2D eigenvalue weighted by atomic mass is 10.3. The lowest BCUT2D eigenvalue weighted by Crippen LogP contribution is -2.22. The fourth-order valence-electron chi connectivity index (χ4n) is 2.20. The van der Waals surface area contributed by atoms with Crippen molar-refractivity contribution in [2.45, 2.75) is 22.9 Å². The first-order valence-electron chi connectivity index (χ1n) is 8.48. The van der Waals surface area contributed by atoms with Crippen molar-refractivity contribution in [2.24, 2.45) is 0 Å². The molecule has 0 bridgehead atoms. The molecule has 0 aliphatic rings. The van der Waals surface area contributed by atoms with E-state index in [0.717, 1.165) is 47.4 Å². The molecule has 1 heterocycles. The van der Waals surface area contributed by atoms with Gasteiger partial charge in [0.1, 0.15) is 17.4 Å². The molecule has 0 spiro atoms. The Kier molecular flexibility index (Phi) is 6.95. The number of nitrogens with zero attached hydrogens (tertiary/aromatic N) is 2. The van der Waals surface area contributed by atoms with Gasteiger partial charge in [0, 0.05) is 11.8 Å². The van der Waals surface area contributed by atoms with Crippen LogP contribution in [-0.4, -0.2) is 27.7 Å². The van der Waals surface area contributed by atoms with Crippen molar-refractivity contribution in [3.8, 4) is 5.75 Å². The lowest BCUT2D eigenvalue weighted by molar-refractivity contribution is -0.274. The first-order valence-corrected chi connectivity index (χ1v) is 10.2. The molecule has 13 heteroatoms. The second-order valence-corrected chi connectivity index (χ2v) is 8.51. The maximum atomic E-state index is 13.7. The van der Waals surface area contributed by atoms with Gasteiger partial charge in [-0.2, -0.15) is 0 Å². The van der Waals surface area contributed by atoms with Crippen LogP contribution >= 0.6 is 23.1 Å². The number of carbonyl (C=O) groups is 1. The van der Waals surface area contributed by atoms with Crippen LogP contribution in [0.4, 0.5) is 38.5 Å². The molecule has 2 aromatic carbocycles. The monoisotopic (exact) mass is 476 g/mol. The normalized spacial score (nSPS) is 12.3. The van der Waals surface area contributed by atoms with E-state index in [1.54, 1.807) is 6.92 Å². The minimum atomic E-state index is -4.77. The van der Waals surface area contributed by atoms with E-state index in [0.29, 0.717) is 21.2 Å². The molecule has 0 saturated carbocycles. The van der Waals surface area contributed by atoms with Crippen LogP contribution in [0.1, 0.15) is 6.92 Å². The number of thioether (sulfide) groups is 1. The van der Waals surface area contributed by atoms with Crippen LogP contribution < -0.4 is 15.4 Å². The molecule has 0 fully saturated rings. The summed E-state index contributed by atoms with van der Waals surface area (Å²) in [5, 5.41) is 12.8.